The molecule has 0 saturated carbocycles. The molecule has 0 aromatic rings. The van der Waals surface area contributed by atoms with Gasteiger partial charge < -0.3 is 14.3 Å². The Hall–Kier alpha value is 0.0500. The maximum absolute atomic E-state index is 9.18. The van der Waals surface area contributed by atoms with Crippen molar-refractivity contribution in [1.29, 1.82) is 0 Å². The van der Waals surface area contributed by atoms with E-state index in [2.05, 4.69) is 17.7 Å². The van der Waals surface area contributed by atoms with Crippen LogP contribution in [-0.4, -0.2) is 7.11 Å². The van der Waals surface area contributed by atoms with E-state index >= 15 is 0 Å². The summed E-state index contributed by atoms with van der Waals surface area (Å²) < 4.78 is 3.70. The third kappa shape index (κ3) is 23.6. The first-order valence-electron chi connectivity index (χ1n) is 1.46. The molecule has 0 spiro atoms. The smallest absolute Gasteiger partial charge is 0.0365 e. The standard InChI is InChI=1S/C2H4.CH3O3P/c1-2;1-4-5(2)3/h1-2H2;1H3/q;-2. The predicted octanol–water partition coefficient (Wildman–Crippen LogP) is -0.618. The van der Waals surface area contributed by atoms with E-state index in [1.807, 2.05) is 0 Å². The fourth-order valence-corrected chi connectivity index (χ4v) is 0. The normalized spacial score (nSPS) is 7.43. The molecule has 0 bridgehead atoms. The van der Waals surface area contributed by atoms with Crippen molar-refractivity contribution in [2.45, 2.75) is 0 Å². The van der Waals surface area contributed by atoms with Gasteiger partial charge in [-0.3, -0.25) is 0 Å². The fraction of sp³-hybridized carbons (Fsp3) is 0.333. The zero-order valence-corrected chi connectivity index (χ0v) is 4.98. The summed E-state index contributed by atoms with van der Waals surface area (Å²) in [5.41, 5.74) is 0. The molecule has 7 heavy (non-hydrogen) atoms. The van der Waals surface area contributed by atoms with Gasteiger partial charge in [0.25, 0.3) is 0 Å². The monoisotopic (exact) mass is 122 g/mol. The van der Waals surface area contributed by atoms with Crippen molar-refractivity contribution in [3.05, 3.63) is 13.2 Å². The minimum absolute atomic E-state index is 1.10. The Morgan fingerprint density at radius 3 is 1.57 bits per heavy atom. The lowest BCUT2D eigenvalue weighted by Crippen LogP contribution is -2.07. The fourth-order valence-electron chi connectivity index (χ4n) is 0. The van der Waals surface area contributed by atoms with Crippen LogP contribution in [0.1, 0.15) is 0 Å². The molecule has 0 aliphatic heterocycles. The number of hydrogen-bond donors (Lipinski definition) is 0. The SMILES string of the molecule is C=C.COP([O-])[O-]. The van der Waals surface area contributed by atoms with Crippen LogP contribution in [0.2, 0.25) is 0 Å². The second-order valence-corrected chi connectivity index (χ2v) is 1.22. The van der Waals surface area contributed by atoms with E-state index in [-0.39, 0.29) is 0 Å². The van der Waals surface area contributed by atoms with Crippen molar-refractivity contribution < 1.29 is 14.3 Å². The van der Waals surface area contributed by atoms with E-state index < -0.39 is 8.60 Å². The molecule has 0 radical (unpaired) electrons. The van der Waals surface area contributed by atoms with Gasteiger partial charge >= 0.3 is 0 Å². The summed E-state index contributed by atoms with van der Waals surface area (Å²) in [6.07, 6.45) is 0. The van der Waals surface area contributed by atoms with Crippen molar-refractivity contribution in [3.63, 3.8) is 0 Å². The van der Waals surface area contributed by atoms with Gasteiger partial charge in [0.05, 0.1) is 0 Å². The molecule has 0 heterocycles. The summed E-state index contributed by atoms with van der Waals surface area (Å²) in [4.78, 5) is 18.4. The van der Waals surface area contributed by atoms with E-state index in [0.29, 0.717) is 0 Å². The lowest BCUT2D eigenvalue weighted by molar-refractivity contribution is -0.316. The zero-order chi connectivity index (χ0) is 6.28. The van der Waals surface area contributed by atoms with Crippen molar-refractivity contribution in [3.8, 4) is 0 Å². The molecule has 0 N–H and O–H groups in total. The van der Waals surface area contributed by atoms with Gasteiger partial charge in [0.15, 0.2) is 0 Å². The van der Waals surface area contributed by atoms with Gasteiger partial charge in [-0.1, -0.05) is 0 Å². The average molecular weight is 122 g/mol. The van der Waals surface area contributed by atoms with E-state index in [9.17, 15) is 9.79 Å². The molecule has 0 amide bonds. The minimum Gasteiger partial charge on any atom is -0.820 e. The number of hydrogen-bond acceptors (Lipinski definition) is 3. The topological polar surface area (TPSA) is 55.3 Å². The highest BCUT2D eigenvalue weighted by atomic mass is 31.2. The Morgan fingerprint density at radius 2 is 1.57 bits per heavy atom. The minimum atomic E-state index is -2.60. The second-order valence-electron chi connectivity index (χ2n) is 0.406. The van der Waals surface area contributed by atoms with E-state index in [0.717, 1.165) is 7.11 Å². The molecule has 0 rings (SSSR count). The van der Waals surface area contributed by atoms with Crippen LogP contribution >= 0.6 is 8.60 Å². The molecule has 0 saturated heterocycles. The van der Waals surface area contributed by atoms with Crippen molar-refractivity contribution in [2.24, 2.45) is 0 Å². The van der Waals surface area contributed by atoms with Crippen LogP contribution in [0.25, 0.3) is 0 Å². The van der Waals surface area contributed by atoms with Crippen molar-refractivity contribution >= 4 is 8.60 Å². The maximum Gasteiger partial charge on any atom is 0.0365 e. The highest BCUT2D eigenvalue weighted by Crippen LogP contribution is 2.07. The molecular formula is C3H7O3P-2. The molecule has 0 atom stereocenters. The Morgan fingerprint density at radius 1 is 1.43 bits per heavy atom. The van der Waals surface area contributed by atoms with Gasteiger partial charge in [-0.2, -0.15) is 8.60 Å². The summed E-state index contributed by atoms with van der Waals surface area (Å²) in [6, 6.07) is 0. The summed E-state index contributed by atoms with van der Waals surface area (Å²) in [5, 5.41) is 0. The maximum atomic E-state index is 9.18. The second kappa shape index (κ2) is 9.41. The van der Waals surface area contributed by atoms with Crippen LogP contribution < -0.4 is 9.79 Å². The molecule has 0 fully saturated rings. The van der Waals surface area contributed by atoms with Gasteiger partial charge in [0.1, 0.15) is 0 Å². The number of rotatable bonds is 1. The summed E-state index contributed by atoms with van der Waals surface area (Å²) in [5.74, 6) is 0. The Labute approximate surface area is 44.2 Å². The summed E-state index contributed by atoms with van der Waals surface area (Å²) in [7, 11) is -1.50. The molecule has 0 unspecified atom stereocenters. The van der Waals surface area contributed by atoms with Crippen LogP contribution in [0.5, 0.6) is 0 Å². The van der Waals surface area contributed by atoms with Crippen LogP contribution in [0.3, 0.4) is 0 Å². The van der Waals surface area contributed by atoms with Crippen LogP contribution in [-0.2, 0) is 4.52 Å². The summed E-state index contributed by atoms with van der Waals surface area (Å²) in [6.45, 7) is 6.00. The van der Waals surface area contributed by atoms with Gasteiger partial charge in [0.2, 0.25) is 0 Å². The van der Waals surface area contributed by atoms with Gasteiger partial charge in [-0.15, -0.1) is 13.2 Å². The Bertz CT molecular complexity index is 31.4. The van der Waals surface area contributed by atoms with E-state index in [1.165, 1.54) is 0 Å². The largest absolute Gasteiger partial charge is 0.820 e. The van der Waals surface area contributed by atoms with E-state index in [1.54, 1.807) is 0 Å². The third-order valence-corrected chi connectivity index (χ3v) is 0.447. The van der Waals surface area contributed by atoms with Crippen molar-refractivity contribution in [1.82, 2.24) is 0 Å². The first-order chi connectivity index (χ1) is 3.27. The quantitative estimate of drug-likeness (QED) is 0.344. The molecule has 3 nitrogen and oxygen atoms in total. The Balaban J connectivity index is 0. The Kier molecular flexibility index (Phi) is 13.6. The molecule has 0 aliphatic carbocycles. The highest BCUT2D eigenvalue weighted by Gasteiger charge is 1.51. The van der Waals surface area contributed by atoms with Gasteiger partial charge in [-0.25, -0.2) is 0 Å². The van der Waals surface area contributed by atoms with Crippen LogP contribution in [0, 0.1) is 0 Å². The molecule has 0 aromatic carbocycles. The molecule has 44 valence electrons. The first kappa shape index (κ1) is 10.1. The van der Waals surface area contributed by atoms with Crippen LogP contribution in [0.15, 0.2) is 13.2 Å². The first-order valence-corrected chi connectivity index (χ1v) is 2.55. The van der Waals surface area contributed by atoms with Crippen molar-refractivity contribution in [2.75, 3.05) is 7.11 Å². The van der Waals surface area contributed by atoms with E-state index in [4.69, 9.17) is 0 Å². The zero-order valence-electron chi connectivity index (χ0n) is 4.09. The molecule has 4 heteroatoms. The van der Waals surface area contributed by atoms with Gasteiger partial charge in [0, 0.05) is 7.11 Å². The lowest BCUT2D eigenvalue weighted by Gasteiger charge is -2.25. The molecular weight excluding hydrogens is 115 g/mol. The predicted molar refractivity (Wildman–Crippen MR) is 25.2 cm³/mol. The molecule has 0 aromatic heterocycles. The third-order valence-electron chi connectivity index (χ3n) is 0.149. The molecule has 0 aliphatic rings. The van der Waals surface area contributed by atoms with Crippen LogP contribution in [0.4, 0.5) is 0 Å². The van der Waals surface area contributed by atoms with Gasteiger partial charge in [-0.05, 0) is 0 Å². The lowest BCUT2D eigenvalue weighted by atomic mass is 11.3. The average Bonchev–Trinajstić information content (AvgIpc) is 1.73. The summed E-state index contributed by atoms with van der Waals surface area (Å²) >= 11 is 0. The highest BCUT2D eigenvalue weighted by molar-refractivity contribution is 7.36.